The Bertz CT molecular complexity index is 991. The Kier molecular flexibility index (Phi) is 13.8. The monoisotopic (exact) mass is 536 g/mol. The SMILES string of the molecule is C=CC(=O)OCC(=O)OCC(CCCc1ccccc1)(CCCc1ccccc1)COC(=O)COC(=O)C=C. The predicted octanol–water partition coefficient (Wildman–Crippen LogP) is 4.56. The fourth-order valence-electron chi connectivity index (χ4n) is 4.01. The molecular formula is C31H36O8. The molecule has 0 heterocycles. The second-order valence-corrected chi connectivity index (χ2v) is 9.12. The summed E-state index contributed by atoms with van der Waals surface area (Å²) in [5, 5.41) is 0. The molecule has 0 N–H and O–H groups in total. The van der Waals surface area contributed by atoms with Crippen LogP contribution in [-0.4, -0.2) is 50.3 Å². The van der Waals surface area contributed by atoms with Gasteiger partial charge in [-0.05, 0) is 49.7 Å². The van der Waals surface area contributed by atoms with E-state index in [9.17, 15) is 19.2 Å². The molecule has 0 atom stereocenters. The number of benzene rings is 2. The van der Waals surface area contributed by atoms with Gasteiger partial charge in [-0.15, -0.1) is 0 Å². The zero-order valence-corrected chi connectivity index (χ0v) is 22.2. The highest BCUT2D eigenvalue weighted by Gasteiger charge is 2.33. The van der Waals surface area contributed by atoms with Crippen molar-refractivity contribution < 1.29 is 38.1 Å². The summed E-state index contributed by atoms with van der Waals surface area (Å²) in [5.41, 5.74) is 1.62. The zero-order chi connectivity index (χ0) is 28.3. The van der Waals surface area contributed by atoms with Gasteiger partial charge in [0.1, 0.15) is 13.2 Å². The summed E-state index contributed by atoms with van der Waals surface area (Å²) in [5.74, 6) is -2.89. The van der Waals surface area contributed by atoms with E-state index in [-0.39, 0.29) is 13.2 Å². The molecule has 0 spiro atoms. The highest BCUT2D eigenvalue weighted by atomic mass is 16.6. The van der Waals surface area contributed by atoms with Gasteiger partial charge in [0.25, 0.3) is 0 Å². The quantitative estimate of drug-likeness (QED) is 0.155. The van der Waals surface area contributed by atoms with E-state index in [0.29, 0.717) is 12.8 Å². The molecule has 8 nitrogen and oxygen atoms in total. The minimum atomic E-state index is -0.730. The van der Waals surface area contributed by atoms with Crippen molar-refractivity contribution in [1.29, 1.82) is 0 Å². The maximum Gasteiger partial charge on any atom is 0.344 e. The van der Waals surface area contributed by atoms with Crippen molar-refractivity contribution in [2.45, 2.75) is 38.5 Å². The van der Waals surface area contributed by atoms with Gasteiger partial charge in [-0.1, -0.05) is 73.8 Å². The Balaban J connectivity index is 2.14. The second-order valence-electron chi connectivity index (χ2n) is 9.12. The number of esters is 4. The van der Waals surface area contributed by atoms with Crippen LogP contribution in [0, 0.1) is 5.41 Å². The van der Waals surface area contributed by atoms with Gasteiger partial charge >= 0.3 is 23.9 Å². The van der Waals surface area contributed by atoms with Crippen LogP contribution in [0.25, 0.3) is 0 Å². The molecule has 208 valence electrons. The van der Waals surface area contributed by atoms with E-state index in [2.05, 4.69) is 13.2 Å². The summed E-state index contributed by atoms with van der Waals surface area (Å²) in [6.45, 7) is 5.42. The van der Waals surface area contributed by atoms with Crippen molar-refractivity contribution in [3.8, 4) is 0 Å². The highest BCUT2D eigenvalue weighted by Crippen LogP contribution is 2.33. The standard InChI is InChI=1S/C31H36O8/c1-3-27(32)36-21-29(34)38-23-31(19-11-17-25-13-7-5-8-14-25,20-12-18-26-15-9-6-10-16-26)24-39-30(35)22-37-28(33)4-2/h3-10,13-16H,1-2,11-12,17-24H2. The molecule has 0 radical (unpaired) electrons. The summed E-state index contributed by atoms with van der Waals surface area (Å²) in [4.78, 5) is 47.3. The summed E-state index contributed by atoms with van der Waals surface area (Å²) in [6, 6.07) is 20.0. The van der Waals surface area contributed by atoms with Crippen LogP contribution < -0.4 is 0 Å². The Labute approximate surface area is 229 Å². The maximum atomic E-state index is 12.3. The molecule has 0 fully saturated rings. The third kappa shape index (κ3) is 12.7. The molecule has 8 heteroatoms. The van der Waals surface area contributed by atoms with Gasteiger partial charge in [0.2, 0.25) is 0 Å². The predicted molar refractivity (Wildman–Crippen MR) is 145 cm³/mol. The molecule has 2 aromatic carbocycles. The molecular weight excluding hydrogens is 500 g/mol. The van der Waals surface area contributed by atoms with Crippen LogP contribution in [0.3, 0.4) is 0 Å². The van der Waals surface area contributed by atoms with E-state index in [1.54, 1.807) is 0 Å². The van der Waals surface area contributed by atoms with Crippen molar-refractivity contribution in [1.82, 2.24) is 0 Å². The summed E-state index contributed by atoms with van der Waals surface area (Å²) in [6.07, 6.45) is 6.19. The van der Waals surface area contributed by atoms with E-state index >= 15 is 0 Å². The average molecular weight is 537 g/mol. The van der Waals surface area contributed by atoms with Crippen LogP contribution in [0.5, 0.6) is 0 Å². The van der Waals surface area contributed by atoms with Crippen molar-refractivity contribution >= 4 is 23.9 Å². The van der Waals surface area contributed by atoms with Crippen molar-refractivity contribution in [2.24, 2.45) is 5.41 Å². The van der Waals surface area contributed by atoms with Gasteiger partial charge in [0.15, 0.2) is 13.2 Å². The molecule has 0 amide bonds. The van der Waals surface area contributed by atoms with Gasteiger partial charge < -0.3 is 18.9 Å². The summed E-state index contributed by atoms with van der Waals surface area (Å²) >= 11 is 0. The van der Waals surface area contributed by atoms with Gasteiger partial charge in [-0.25, -0.2) is 19.2 Å². The molecule has 0 aliphatic carbocycles. The van der Waals surface area contributed by atoms with E-state index in [0.717, 1.165) is 49.0 Å². The van der Waals surface area contributed by atoms with Crippen molar-refractivity contribution in [3.63, 3.8) is 0 Å². The van der Waals surface area contributed by atoms with Gasteiger partial charge in [-0.3, -0.25) is 0 Å². The maximum absolute atomic E-state index is 12.3. The van der Waals surface area contributed by atoms with Crippen LogP contribution >= 0.6 is 0 Å². The largest absolute Gasteiger partial charge is 0.462 e. The molecule has 0 bridgehead atoms. The molecule has 39 heavy (non-hydrogen) atoms. The van der Waals surface area contributed by atoms with Crippen LogP contribution in [-0.2, 0) is 51.0 Å². The van der Waals surface area contributed by atoms with Crippen LogP contribution in [0.15, 0.2) is 86.0 Å². The Morgan fingerprint density at radius 3 is 1.36 bits per heavy atom. The first-order valence-electron chi connectivity index (χ1n) is 12.8. The molecule has 0 aliphatic heterocycles. The molecule has 0 aliphatic rings. The summed E-state index contributed by atoms with van der Waals surface area (Å²) < 4.78 is 20.6. The normalized spacial score (nSPS) is 10.7. The fourth-order valence-corrected chi connectivity index (χ4v) is 4.01. The Morgan fingerprint density at radius 1 is 0.615 bits per heavy atom. The lowest BCUT2D eigenvalue weighted by atomic mass is 9.78. The molecule has 0 aromatic heterocycles. The number of carbonyl (C=O) groups is 4. The molecule has 0 saturated carbocycles. The van der Waals surface area contributed by atoms with E-state index in [4.69, 9.17) is 18.9 Å². The number of hydrogen-bond acceptors (Lipinski definition) is 8. The number of carbonyl (C=O) groups excluding carboxylic acids is 4. The van der Waals surface area contributed by atoms with Gasteiger partial charge in [0, 0.05) is 17.6 Å². The number of hydrogen-bond donors (Lipinski definition) is 0. The first-order valence-corrected chi connectivity index (χ1v) is 12.8. The minimum Gasteiger partial charge on any atom is -0.462 e. The zero-order valence-electron chi connectivity index (χ0n) is 22.2. The van der Waals surface area contributed by atoms with Crippen LogP contribution in [0.1, 0.15) is 36.8 Å². The lowest BCUT2D eigenvalue weighted by Crippen LogP contribution is -2.36. The Morgan fingerprint density at radius 2 is 1.00 bits per heavy atom. The molecule has 0 saturated heterocycles. The first-order chi connectivity index (χ1) is 18.9. The van der Waals surface area contributed by atoms with Gasteiger partial charge in [0.05, 0.1) is 0 Å². The molecule has 2 rings (SSSR count). The molecule has 2 aromatic rings. The smallest absolute Gasteiger partial charge is 0.344 e. The average Bonchev–Trinajstić information content (AvgIpc) is 2.97. The van der Waals surface area contributed by atoms with Crippen molar-refractivity contribution in [2.75, 3.05) is 26.4 Å². The van der Waals surface area contributed by atoms with E-state index in [1.165, 1.54) is 0 Å². The van der Waals surface area contributed by atoms with Crippen molar-refractivity contribution in [3.05, 3.63) is 97.1 Å². The number of rotatable bonds is 18. The number of ether oxygens (including phenoxy) is 4. The van der Waals surface area contributed by atoms with E-state index in [1.807, 2.05) is 60.7 Å². The molecule has 0 unspecified atom stereocenters. The highest BCUT2D eigenvalue weighted by molar-refractivity contribution is 5.84. The minimum absolute atomic E-state index is 0.0409. The lowest BCUT2D eigenvalue weighted by molar-refractivity contribution is -0.165. The van der Waals surface area contributed by atoms with Gasteiger partial charge in [-0.2, -0.15) is 0 Å². The fraction of sp³-hybridized carbons (Fsp3) is 0.355. The lowest BCUT2D eigenvalue weighted by Gasteiger charge is -2.33. The third-order valence-corrected chi connectivity index (χ3v) is 6.11. The van der Waals surface area contributed by atoms with E-state index < -0.39 is 42.5 Å². The first kappa shape index (κ1) is 31.0. The van der Waals surface area contributed by atoms with Crippen LogP contribution in [0.4, 0.5) is 0 Å². The summed E-state index contributed by atoms with van der Waals surface area (Å²) in [7, 11) is 0. The van der Waals surface area contributed by atoms with Crippen LogP contribution in [0.2, 0.25) is 0 Å². The number of aryl methyl sites for hydroxylation is 2. The third-order valence-electron chi connectivity index (χ3n) is 6.11. The topological polar surface area (TPSA) is 105 Å². The Hall–Kier alpha value is -4.20. The second kappa shape index (κ2) is 17.3.